The van der Waals surface area contributed by atoms with Crippen LogP contribution in [-0.4, -0.2) is 45.3 Å². The van der Waals surface area contributed by atoms with Crippen molar-refractivity contribution < 1.29 is 23.9 Å². The SMILES string of the molecule is Cc1ccc(C(=O)N2Cc3ccccc3CC2C(=O)N(CC(=O)O)Cc2cccc(F)c2)cc1. The highest BCUT2D eigenvalue weighted by Crippen LogP contribution is 2.27. The van der Waals surface area contributed by atoms with Crippen LogP contribution >= 0.6 is 0 Å². The first-order chi connectivity index (χ1) is 16.3. The highest BCUT2D eigenvalue weighted by atomic mass is 19.1. The average molecular weight is 461 g/mol. The Bertz CT molecular complexity index is 1230. The van der Waals surface area contributed by atoms with E-state index in [0.717, 1.165) is 16.7 Å². The van der Waals surface area contributed by atoms with E-state index in [-0.39, 0.29) is 25.4 Å². The lowest BCUT2D eigenvalue weighted by molar-refractivity contribution is -0.147. The molecule has 34 heavy (non-hydrogen) atoms. The van der Waals surface area contributed by atoms with Gasteiger partial charge in [-0.15, -0.1) is 0 Å². The molecule has 1 unspecified atom stereocenters. The Morgan fingerprint density at radius 2 is 1.71 bits per heavy atom. The molecule has 1 heterocycles. The van der Waals surface area contributed by atoms with E-state index in [4.69, 9.17) is 0 Å². The number of fused-ring (bicyclic) bond motifs is 1. The molecule has 1 aliphatic heterocycles. The van der Waals surface area contributed by atoms with Crippen LogP contribution in [0.1, 0.15) is 32.6 Å². The lowest BCUT2D eigenvalue weighted by atomic mass is 9.92. The van der Waals surface area contributed by atoms with Gasteiger partial charge >= 0.3 is 5.97 Å². The minimum absolute atomic E-state index is 0.0758. The Morgan fingerprint density at radius 3 is 2.38 bits per heavy atom. The van der Waals surface area contributed by atoms with Crippen molar-refractivity contribution in [2.45, 2.75) is 32.5 Å². The minimum atomic E-state index is -1.18. The van der Waals surface area contributed by atoms with Crippen molar-refractivity contribution in [2.75, 3.05) is 6.54 Å². The van der Waals surface area contributed by atoms with Crippen LogP contribution in [-0.2, 0) is 29.1 Å². The molecule has 3 aromatic rings. The van der Waals surface area contributed by atoms with Crippen molar-refractivity contribution in [3.05, 3.63) is 106 Å². The molecule has 1 aliphatic rings. The number of carbonyl (C=O) groups is 3. The summed E-state index contributed by atoms with van der Waals surface area (Å²) in [5.74, 6) is -2.43. The summed E-state index contributed by atoms with van der Waals surface area (Å²) in [6.07, 6.45) is 0.270. The molecule has 0 fully saturated rings. The molecule has 0 aromatic heterocycles. The molecule has 2 amide bonds. The Labute approximate surface area is 197 Å². The van der Waals surface area contributed by atoms with Gasteiger partial charge in [0.2, 0.25) is 5.91 Å². The molecular formula is C27H25FN2O4. The number of amides is 2. The standard InChI is InChI=1S/C27H25FN2O4/c1-18-9-11-20(12-10-18)26(33)30-16-22-7-3-2-6-21(22)14-24(30)27(34)29(17-25(31)32)15-19-5-4-8-23(28)13-19/h2-13,24H,14-17H2,1H3,(H,31,32). The molecule has 4 rings (SSSR count). The third-order valence-corrected chi connectivity index (χ3v) is 5.99. The number of rotatable bonds is 6. The van der Waals surface area contributed by atoms with E-state index in [1.54, 1.807) is 18.2 Å². The zero-order valence-electron chi connectivity index (χ0n) is 18.8. The molecule has 0 aliphatic carbocycles. The molecule has 0 radical (unpaired) electrons. The quantitative estimate of drug-likeness (QED) is 0.607. The van der Waals surface area contributed by atoms with Crippen LogP contribution in [0.5, 0.6) is 0 Å². The fourth-order valence-electron chi connectivity index (χ4n) is 4.26. The number of aliphatic carboxylic acids is 1. The number of hydrogen-bond donors (Lipinski definition) is 1. The van der Waals surface area contributed by atoms with Crippen LogP contribution < -0.4 is 0 Å². The van der Waals surface area contributed by atoms with Gasteiger partial charge in [-0.2, -0.15) is 0 Å². The second-order valence-electron chi connectivity index (χ2n) is 8.51. The molecule has 0 saturated carbocycles. The third kappa shape index (κ3) is 5.14. The second kappa shape index (κ2) is 9.87. The van der Waals surface area contributed by atoms with Gasteiger partial charge in [0.1, 0.15) is 18.4 Å². The fraction of sp³-hybridized carbons (Fsp3) is 0.222. The van der Waals surface area contributed by atoms with Crippen molar-refractivity contribution in [3.8, 4) is 0 Å². The Hall–Kier alpha value is -4.00. The summed E-state index contributed by atoms with van der Waals surface area (Å²) in [5, 5.41) is 9.45. The van der Waals surface area contributed by atoms with Gasteiger partial charge in [-0.25, -0.2) is 4.39 Å². The summed E-state index contributed by atoms with van der Waals surface area (Å²) in [4.78, 5) is 41.4. The van der Waals surface area contributed by atoms with Crippen LogP contribution in [0.2, 0.25) is 0 Å². The lowest BCUT2D eigenvalue weighted by Crippen LogP contribution is -2.54. The zero-order chi connectivity index (χ0) is 24.2. The topological polar surface area (TPSA) is 77.9 Å². The summed E-state index contributed by atoms with van der Waals surface area (Å²) >= 11 is 0. The largest absolute Gasteiger partial charge is 0.480 e. The predicted octanol–water partition coefficient (Wildman–Crippen LogP) is 3.81. The number of carboxylic acid groups (broad SMARTS) is 1. The highest BCUT2D eigenvalue weighted by molar-refractivity contribution is 5.98. The van der Waals surface area contributed by atoms with Crippen molar-refractivity contribution in [3.63, 3.8) is 0 Å². The summed E-state index contributed by atoms with van der Waals surface area (Å²) in [7, 11) is 0. The van der Waals surface area contributed by atoms with Gasteiger partial charge in [0.05, 0.1) is 0 Å². The van der Waals surface area contributed by atoms with Crippen LogP contribution in [0.25, 0.3) is 0 Å². The molecule has 174 valence electrons. The summed E-state index contributed by atoms with van der Waals surface area (Å²) in [6, 6.07) is 19.5. The number of hydrogen-bond acceptors (Lipinski definition) is 3. The van der Waals surface area contributed by atoms with Gasteiger partial charge in [-0.05, 0) is 47.9 Å². The maximum absolute atomic E-state index is 13.7. The zero-order valence-corrected chi connectivity index (χ0v) is 18.8. The molecule has 7 heteroatoms. The van der Waals surface area contributed by atoms with E-state index in [2.05, 4.69) is 0 Å². The molecule has 6 nitrogen and oxygen atoms in total. The van der Waals surface area contributed by atoms with Gasteiger partial charge in [0, 0.05) is 25.1 Å². The lowest BCUT2D eigenvalue weighted by Gasteiger charge is -2.38. The summed E-state index contributed by atoms with van der Waals surface area (Å²) in [6.45, 7) is 1.53. The van der Waals surface area contributed by atoms with Crippen molar-refractivity contribution in [2.24, 2.45) is 0 Å². The number of benzene rings is 3. The molecule has 1 atom stereocenters. The molecule has 0 bridgehead atoms. The van der Waals surface area contributed by atoms with Gasteiger partial charge in [-0.1, -0.05) is 54.1 Å². The van der Waals surface area contributed by atoms with Crippen LogP contribution in [0.15, 0.2) is 72.8 Å². The monoisotopic (exact) mass is 460 g/mol. The summed E-state index contributed by atoms with van der Waals surface area (Å²) < 4.78 is 13.7. The van der Waals surface area contributed by atoms with Crippen LogP contribution in [0.3, 0.4) is 0 Å². The highest BCUT2D eigenvalue weighted by Gasteiger charge is 2.37. The fourth-order valence-corrected chi connectivity index (χ4v) is 4.26. The number of aryl methyl sites for hydroxylation is 1. The van der Waals surface area contributed by atoms with E-state index in [1.165, 1.54) is 28.0 Å². The van der Waals surface area contributed by atoms with E-state index < -0.39 is 30.3 Å². The van der Waals surface area contributed by atoms with Crippen LogP contribution in [0.4, 0.5) is 4.39 Å². The van der Waals surface area contributed by atoms with Gasteiger partial charge in [-0.3, -0.25) is 14.4 Å². The van der Waals surface area contributed by atoms with E-state index in [9.17, 15) is 23.9 Å². The molecule has 0 spiro atoms. The number of carbonyl (C=O) groups excluding carboxylic acids is 2. The summed E-state index contributed by atoms with van der Waals surface area (Å²) in [5.41, 5.74) is 3.83. The van der Waals surface area contributed by atoms with Crippen molar-refractivity contribution in [1.29, 1.82) is 0 Å². The second-order valence-corrected chi connectivity index (χ2v) is 8.51. The van der Waals surface area contributed by atoms with Crippen molar-refractivity contribution >= 4 is 17.8 Å². The molecule has 1 N–H and O–H groups in total. The predicted molar refractivity (Wildman–Crippen MR) is 124 cm³/mol. The van der Waals surface area contributed by atoms with E-state index >= 15 is 0 Å². The first-order valence-corrected chi connectivity index (χ1v) is 11.0. The molecule has 3 aromatic carbocycles. The number of carboxylic acids is 1. The van der Waals surface area contributed by atoms with Crippen LogP contribution in [0, 0.1) is 12.7 Å². The minimum Gasteiger partial charge on any atom is -0.480 e. The molecule has 0 saturated heterocycles. The number of nitrogens with zero attached hydrogens (tertiary/aromatic N) is 2. The third-order valence-electron chi connectivity index (χ3n) is 5.99. The first kappa shape index (κ1) is 23.2. The van der Waals surface area contributed by atoms with E-state index in [0.29, 0.717) is 11.1 Å². The van der Waals surface area contributed by atoms with Gasteiger partial charge in [0.25, 0.3) is 5.91 Å². The maximum atomic E-state index is 13.7. The van der Waals surface area contributed by atoms with Gasteiger partial charge < -0.3 is 14.9 Å². The Morgan fingerprint density at radius 1 is 1.00 bits per heavy atom. The van der Waals surface area contributed by atoms with Crippen molar-refractivity contribution in [1.82, 2.24) is 9.80 Å². The Balaban J connectivity index is 1.68. The average Bonchev–Trinajstić information content (AvgIpc) is 2.82. The van der Waals surface area contributed by atoms with E-state index in [1.807, 2.05) is 43.3 Å². The maximum Gasteiger partial charge on any atom is 0.323 e. The Kier molecular flexibility index (Phi) is 6.72. The molecular weight excluding hydrogens is 435 g/mol. The first-order valence-electron chi connectivity index (χ1n) is 11.0. The number of halogens is 1. The smallest absolute Gasteiger partial charge is 0.323 e. The van der Waals surface area contributed by atoms with Gasteiger partial charge in [0.15, 0.2) is 0 Å². The normalized spacial score (nSPS) is 14.9.